The molecule has 0 aliphatic carbocycles. The van der Waals surface area contributed by atoms with Crippen LogP contribution in [0.15, 0.2) is 12.1 Å². The van der Waals surface area contributed by atoms with Gasteiger partial charge in [0.2, 0.25) is 0 Å². The summed E-state index contributed by atoms with van der Waals surface area (Å²) in [6.07, 6.45) is 1.97. The first-order valence-electron chi connectivity index (χ1n) is 5.32. The molecule has 0 bridgehead atoms. The van der Waals surface area contributed by atoms with Crippen LogP contribution in [0.2, 0.25) is 0 Å². The van der Waals surface area contributed by atoms with Gasteiger partial charge in [-0.1, -0.05) is 6.92 Å². The number of nitrogens with two attached hydrogens (primary N) is 1. The molecule has 0 heterocycles. The fourth-order valence-electron chi connectivity index (χ4n) is 1.25. The molecule has 1 aromatic carbocycles. The summed E-state index contributed by atoms with van der Waals surface area (Å²) in [6, 6.07) is 2.71. The van der Waals surface area contributed by atoms with Crippen LogP contribution in [0.1, 0.15) is 22.8 Å². The van der Waals surface area contributed by atoms with Gasteiger partial charge in [-0.15, -0.1) is 0 Å². The molecule has 0 aliphatic rings. The summed E-state index contributed by atoms with van der Waals surface area (Å²) in [7, 11) is 0. The highest BCUT2D eigenvalue weighted by Crippen LogP contribution is 2.17. The van der Waals surface area contributed by atoms with E-state index in [2.05, 4.69) is 5.32 Å². The predicted molar refractivity (Wildman–Crippen MR) is 70.9 cm³/mol. The van der Waals surface area contributed by atoms with E-state index < -0.39 is 5.82 Å². The molecule has 1 amide bonds. The van der Waals surface area contributed by atoms with Crippen LogP contribution in [0.25, 0.3) is 0 Å². The SMILES string of the molecule is CSC(C)CNC(=O)c1cc(N)c(C)c(F)c1. The first-order valence-corrected chi connectivity index (χ1v) is 6.61. The number of benzene rings is 1. The summed E-state index contributed by atoms with van der Waals surface area (Å²) in [4.78, 5) is 11.7. The first-order chi connectivity index (χ1) is 7.95. The molecule has 0 aromatic heterocycles. The minimum atomic E-state index is -0.451. The second kappa shape index (κ2) is 5.91. The highest BCUT2D eigenvalue weighted by Gasteiger charge is 2.11. The fraction of sp³-hybridized carbons (Fsp3) is 0.417. The van der Waals surface area contributed by atoms with Crippen molar-refractivity contribution in [1.82, 2.24) is 5.32 Å². The van der Waals surface area contributed by atoms with Crippen LogP contribution in [-0.2, 0) is 0 Å². The lowest BCUT2D eigenvalue weighted by molar-refractivity contribution is 0.0953. The van der Waals surface area contributed by atoms with Gasteiger partial charge in [-0.05, 0) is 25.3 Å². The Hall–Kier alpha value is -1.23. The van der Waals surface area contributed by atoms with E-state index in [0.29, 0.717) is 23.0 Å². The van der Waals surface area contributed by atoms with E-state index in [1.165, 1.54) is 12.1 Å². The highest BCUT2D eigenvalue weighted by atomic mass is 32.2. The van der Waals surface area contributed by atoms with Crippen molar-refractivity contribution in [2.75, 3.05) is 18.5 Å². The molecular formula is C12H17FN2OS. The Morgan fingerprint density at radius 3 is 2.76 bits per heavy atom. The normalized spacial score (nSPS) is 12.2. The molecule has 17 heavy (non-hydrogen) atoms. The number of amides is 1. The molecular weight excluding hydrogens is 239 g/mol. The summed E-state index contributed by atoms with van der Waals surface area (Å²) < 4.78 is 13.4. The first kappa shape index (κ1) is 13.8. The molecule has 0 radical (unpaired) electrons. The molecule has 94 valence electrons. The molecule has 0 fully saturated rings. The van der Waals surface area contributed by atoms with Crippen molar-refractivity contribution in [3.8, 4) is 0 Å². The van der Waals surface area contributed by atoms with E-state index in [4.69, 9.17) is 5.73 Å². The number of carbonyl (C=O) groups excluding carboxylic acids is 1. The Kier molecular flexibility index (Phi) is 4.81. The van der Waals surface area contributed by atoms with E-state index in [9.17, 15) is 9.18 Å². The summed E-state index contributed by atoms with van der Waals surface area (Å²) in [5.74, 6) is -0.746. The highest BCUT2D eigenvalue weighted by molar-refractivity contribution is 7.99. The molecule has 3 nitrogen and oxygen atoms in total. The van der Waals surface area contributed by atoms with Gasteiger partial charge in [0.05, 0.1) is 0 Å². The standard InChI is InChI=1S/C12H17FN2OS/c1-7(17-3)6-15-12(16)9-4-10(13)8(2)11(14)5-9/h4-5,7H,6,14H2,1-3H3,(H,15,16). The number of halogens is 1. The summed E-state index contributed by atoms with van der Waals surface area (Å²) >= 11 is 1.66. The quantitative estimate of drug-likeness (QED) is 0.812. The van der Waals surface area contributed by atoms with Crippen LogP contribution in [0, 0.1) is 12.7 Å². The number of hydrogen-bond donors (Lipinski definition) is 2. The van der Waals surface area contributed by atoms with Crippen molar-refractivity contribution in [3.63, 3.8) is 0 Å². The molecule has 0 saturated heterocycles. The van der Waals surface area contributed by atoms with Crippen molar-refractivity contribution < 1.29 is 9.18 Å². The van der Waals surface area contributed by atoms with E-state index in [1.807, 2.05) is 13.2 Å². The number of anilines is 1. The third-order valence-electron chi connectivity index (χ3n) is 2.60. The Morgan fingerprint density at radius 2 is 2.24 bits per heavy atom. The van der Waals surface area contributed by atoms with Crippen molar-refractivity contribution >= 4 is 23.4 Å². The average Bonchev–Trinajstić information content (AvgIpc) is 2.31. The molecule has 5 heteroatoms. The van der Waals surface area contributed by atoms with Gasteiger partial charge in [0.15, 0.2) is 0 Å². The Labute approximate surface area is 105 Å². The second-order valence-electron chi connectivity index (χ2n) is 3.93. The average molecular weight is 256 g/mol. The number of hydrogen-bond acceptors (Lipinski definition) is 3. The molecule has 3 N–H and O–H groups in total. The van der Waals surface area contributed by atoms with Crippen molar-refractivity contribution in [2.24, 2.45) is 0 Å². The van der Waals surface area contributed by atoms with E-state index >= 15 is 0 Å². The lowest BCUT2D eigenvalue weighted by Crippen LogP contribution is -2.29. The zero-order valence-corrected chi connectivity index (χ0v) is 11.0. The third-order valence-corrected chi connectivity index (χ3v) is 3.57. The van der Waals surface area contributed by atoms with Crippen molar-refractivity contribution in [2.45, 2.75) is 19.1 Å². The van der Waals surface area contributed by atoms with Gasteiger partial charge in [-0.2, -0.15) is 11.8 Å². The fourth-order valence-corrected chi connectivity index (χ4v) is 1.50. The van der Waals surface area contributed by atoms with Gasteiger partial charge >= 0.3 is 0 Å². The Balaban J connectivity index is 2.76. The van der Waals surface area contributed by atoms with Crippen LogP contribution >= 0.6 is 11.8 Å². The third kappa shape index (κ3) is 3.63. The van der Waals surface area contributed by atoms with E-state index in [-0.39, 0.29) is 11.5 Å². The maximum absolute atomic E-state index is 13.4. The van der Waals surface area contributed by atoms with Crippen LogP contribution in [0.4, 0.5) is 10.1 Å². The van der Waals surface area contributed by atoms with Crippen molar-refractivity contribution in [3.05, 3.63) is 29.1 Å². The zero-order valence-electron chi connectivity index (χ0n) is 10.2. The van der Waals surface area contributed by atoms with Crippen molar-refractivity contribution in [1.29, 1.82) is 0 Å². The van der Waals surface area contributed by atoms with Crippen LogP contribution in [0.3, 0.4) is 0 Å². The number of nitrogen functional groups attached to an aromatic ring is 1. The Morgan fingerprint density at radius 1 is 1.59 bits per heavy atom. The lowest BCUT2D eigenvalue weighted by Gasteiger charge is -2.11. The summed E-state index contributed by atoms with van der Waals surface area (Å²) in [6.45, 7) is 4.15. The molecule has 1 unspecified atom stereocenters. The number of thioether (sulfide) groups is 1. The van der Waals surface area contributed by atoms with E-state index in [1.54, 1.807) is 18.7 Å². The molecule has 1 atom stereocenters. The van der Waals surface area contributed by atoms with Gasteiger partial charge in [-0.3, -0.25) is 4.79 Å². The van der Waals surface area contributed by atoms with Gasteiger partial charge < -0.3 is 11.1 Å². The monoisotopic (exact) mass is 256 g/mol. The van der Waals surface area contributed by atoms with Crippen LogP contribution < -0.4 is 11.1 Å². The number of carbonyl (C=O) groups is 1. The molecule has 0 aliphatic heterocycles. The predicted octanol–water partition coefficient (Wildman–Crippen LogP) is 2.20. The van der Waals surface area contributed by atoms with Gasteiger partial charge in [0, 0.05) is 28.6 Å². The molecule has 0 saturated carbocycles. The van der Waals surface area contributed by atoms with E-state index in [0.717, 1.165) is 0 Å². The van der Waals surface area contributed by atoms with Gasteiger partial charge in [0.25, 0.3) is 5.91 Å². The minimum absolute atomic E-state index is 0.263. The molecule has 0 spiro atoms. The number of nitrogens with one attached hydrogen (secondary N) is 1. The molecule has 1 aromatic rings. The second-order valence-corrected chi connectivity index (χ2v) is 5.20. The summed E-state index contributed by atoms with van der Waals surface area (Å²) in [5.41, 5.74) is 6.55. The largest absolute Gasteiger partial charge is 0.398 e. The van der Waals surface area contributed by atoms with Gasteiger partial charge in [0.1, 0.15) is 5.82 Å². The zero-order chi connectivity index (χ0) is 13.0. The summed E-state index contributed by atoms with van der Waals surface area (Å²) in [5, 5.41) is 3.07. The van der Waals surface area contributed by atoms with Gasteiger partial charge in [-0.25, -0.2) is 4.39 Å². The van der Waals surface area contributed by atoms with Crippen LogP contribution in [0.5, 0.6) is 0 Å². The number of rotatable bonds is 4. The smallest absolute Gasteiger partial charge is 0.251 e. The lowest BCUT2D eigenvalue weighted by atomic mass is 10.1. The maximum atomic E-state index is 13.4. The minimum Gasteiger partial charge on any atom is -0.398 e. The van der Waals surface area contributed by atoms with Crippen LogP contribution in [-0.4, -0.2) is 24.0 Å². The maximum Gasteiger partial charge on any atom is 0.251 e. The molecule has 1 rings (SSSR count). The Bertz CT molecular complexity index is 400. The topological polar surface area (TPSA) is 55.1 Å².